The monoisotopic (exact) mass is 373 g/mol. The van der Waals surface area contributed by atoms with Crippen molar-refractivity contribution in [2.24, 2.45) is 0 Å². The Balaban J connectivity index is 1.89. The van der Waals surface area contributed by atoms with Crippen LogP contribution >= 0.6 is 0 Å². The van der Waals surface area contributed by atoms with Gasteiger partial charge in [-0.05, 0) is 35.9 Å². The standard InChI is InChI=1S/C19H14F3N3O2/c1-2-17(26)25-10-12-5-7-15(18-14(12)4-3-9-23-18)27-13-6-8-16(24-11-13)19(20,21)22/h2-9,11H,1,10H2,(H,25,26). The molecule has 1 amide bonds. The third-order valence-corrected chi connectivity index (χ3v) is 3.72. The lowest BCUT2D eigenvalue weighted by Gasteiger charge is -2.12. The van der Waals surface area contributed by atoms with Crippen LogP contribution in [0.1, 0.15) is 11.3 Å². The fraction of sp³-hybridized carbons (Fsp3) is 0.105. The number of carbonyl (C=O) groups excluding carboxylic acids is 1. The van der Waals surface area contributed by atoms with Crippen LogP contribution in [0.15, 0.2) is 61.4 Å². The second-order valence-corrected chi connectivity index (χ2v) is 5.52. The van der Waals surface area contributed by atoms with Crippen LogP contribution in [0.25, 0.3) is 10.9 Å². The highest BCUT2D eigenvalue weighted by Crippen LogP contribution is 2.32. The molecule has 1 N–H and O–H groups in total. The molecule has 0 atom stereocenters. The van der Waals surface area contributed by atoms with E-state index in [2.05, 4.69) is 21.9 Å². The number of fused-ring (bicyclic) bond motifs is 1. The average Bonchev–Trinajstić information content (AvgIpc) is 2.67. The number of pyridine rings is 2. The van der Waals surface area contributed by atoms with E-state index in [-0.39, 0.29) is 18.2 Å². The lowest BCUT2D eigenvalue weighted by atomic mass is 10.1. The predicted octanol–water partition coefficient (Wildman–Crippen LogP) is 4.24. The van der Waals surface area contributed by atoms with Crippen LogP contribution in [-0.4, -0.2) is 15.9 Å². The summed E-state index contributed by atoms with van der Waals surface area (Å²) in [6.07, 6.45) is -0.748. The van der Waals surface area contributed by atoms with Gasteiger partial charge in [0.2, 0.25) is 5.91 Å². The van der Waals surface area contributed by atoms with Gasteiger partial charge in [0.25, 0.3) is 0 Å². The lowest BCUT2D eigenvalue weighted by Crippen LogP contribution is -2.20. The van der Waals surface area contributed by atoms with E-state index >= 15 is 0 Å². The Bertz CT molecular complexity index is 986. The zero-order chi connectivity index (χ0) is 19.4. The Kier molecular flexibility index (Phi) is 5.07. The Morgan fingerprint density at radius 1 is 1.19 bits per heavy atom. The number of ether oxygens (including phenoxy) is 1. The van der Waals surface area contributed by atoms with E-state index in [1.165, 1.54) is 12.1 Å². The number of amides is 1. The van der Waals surface area contributed by atoms with Crippen molar-refractivity contribution >= 4 is 16.8 Å². The number of rotatable bonds is 5. The third kappa shape index (κ3) is 4.22. The summed E-state index contributed by atoms with van der Waals surface area (Å²) in [5.74, 6) is 0.219. The molecule has 0 radical (unpaired) electrons. The summed E-state index contributed by atoms with van der Waals surface area (Å²) in [6.45, 7) is 3.67. The Labute approximate surface area is 152 Å². The maximum atomic E-state index is 12.6. The van der Waals surface area contributed by atoms with Gasteiger partial charge in [0.15, 0.2) is 5.75 Å². The molecule has 3 rings (SSSR count). The first kappa shape index (κ1) is 18.4. The molecule has 0 bridgehead atoms. The van der Waals surface area contributed by atoms with Gasteiger partial charge in [0.05, 0.1) is 6.20 Å². The molecule has 138 valence electrons. The second-order valence-electron chi connectivity index (χ2n) is 5.52. The summed E-state index contributed by atoms with van der Waals surface area (Å²) in [5.41, 5.74) is 0.333. The third-order valence-electron chi connectivity index (χ3n) is 3.72. The molecule has 0 aliphatic carbocycles. The number of carbonyl (C=O) groups is 1. The SMILES string of the molecule is C=CC(=O)NCc1ccc(Oc2ccc(C(F)(F)F)nc2)c2ncccc12. The first-order valence-electron chi connectivity index (χ1n) is 7.86. The quantitative estimate of drug-likeness (QED) is 0.680. The maximum Gasteiger partial charge on any atom is 0.433 e. The second kappa shape index (κ2) is 7.45. The van der Waals surface area contributed by atoms with E-state index in [9.17, 15) is 18.0 Å². The van der Waals surface area contributed by atoms with Crippen molar-refractivity contribution in [1.82, 2.24) is 15.3 Å². The minimum Gasteiger partial charge on any atom is -0.453 e. The molecule has 0 fully saturated rings. The average molecular weight is 373 g/mol. The van der Waals surface area contributed by atoms with Gasteiger partial charge in [-0.15, -0.1) is 0 Å². The van der Waals surface area contributed by atoms with E-state index < -0.39 is 11.9 Å². The van der Waals surface area contributed by atoms with E-state index in [0.717, 1.165) is 23.2 Å². The molecule has 2 heterocycles. The van der Waals surface area contributed by atoms with Gasteiger partial charge in [-0.2, -0.15) is 13.2 Å². The molecule has 3 aromatic rings. The fourth-order valence-corrected chi connectivity index (χ4v) is 2.43. The first-order chi connectivity index (χ1) is 12.9. The number of alkyl halides is 3. The molecule has 0 aliphatic heterocycles. The van der Waals surface area contributed by atoms with Gasteiger partial charge in [-0.25, -0.2) is 4.98 Å². The Morgan fingerprint density at radius 3 is 2.67 bits per heavy atom. The number of nitrogens with one attached hydrogen (secondary N) is 1. The summed E-state index contributed by atoms with van der Waals surface area (Å²) in [5, 5.41) is 3.44. The summed E-state index contributed by atoms with van der Waals surface area (Å²) >= 11 is 0. The highest BCUT2D eigenvalue weighted by atomic mass is 19.4. The lowest BCUT2D eigenvalue weighted by molar-refractivity contribution is -0.141. The molecule has 0 saturated carbocycles. The molecule has 0 saturated heterocycles. The number of nitrogens with zero attached hydrogens (tertiary/aromatic N) is 2. The number of aromatic nitrogens is 2. The predicted molar refractivity (Wildman–Crippen MR) is 93.1 cm³/mol. The molecule has 2 aromatic heterocycles. The maximum absolute atomic E-state index is 12.6. The minimum atomic E-state index is -4.51. The van der Waals surface area contributed by atoms with Crippen LogP contribution in [0.5, 0.6) is 11.5 Å². The van der Waals surface area contributed by atoms with E-state index in [1.807, 2.05) is 6.07 Å². The summed E-state index contributed by atoms with van der Waals surface area (Å²) < 4.78 is 43.5. The van der Waals surface area contributed by atoms with Gasteiger partial charge >= 0.3 is 6.18 Å². The highest BCUT2D eigenvalue weighted by Gasteiger charge is 2.32. The van der Waals surface area contributed by atoms with Crippen LogP contribution in [0.2, 0.25) is 0 Å². The zero-order valence-corrected chi connectivity index (χ0v) is 14.0. The first-order valence-corrected chi connectivity index (χ1v) is 7.86. The molecule has 5 nitrogen and oxygen atoms in total. The van der Waals surface area contributed by atoms with Gasteiger partial charge in [0.1, 0.15) is 17.0 Å². The number of halogens is 3. The molecule has 0 aliphatic rings. The summed E-state index contributed by atoms with van der Waals surface area (Å²) in [6, 6.07) is 9.00. The van der Waals surface area contributed by atoms with Crippen LogP contribution < -0.4 is 10.1 Å². The summed E-state index contributed by atoms with van der Waals surface area (Å²) in [7, 11) is 0. The van der Waals surface area contributed by atoms with Crippen molar-refractivity contribution in [2.75, 3.05) is 0 Å². The molecule has 0 spiro atoms. The molecular weight excluding hydrogens is 359 g/mol. The van der Waals surface area contributed by atoms with Crippen molar-refractivity contribution < 1.29 is 22.7 Å². The smallest absolute Gasteiger partial charge is 0.433 e. The normalized spacial score (nSPS) is 11.2. The Morgan fingerprint density at radius 2 is 2.00 bits per heavy atom. The molecule has 27 heavy (non-hydrogen) atoms. The van der Waals surface area contributed by atoms with Gasteiger partial charge in [0, 0.05) is 18.1 Å². The molecule has 1 aromatic carbocycles. The number of benzene rings is 1. The van der Waals surface area contributed by atoms with E-state index in [1.54, 1.807) is 24.4 Å². The van der Waals surface area contributed by atoms with Crippen LogP contribution in [0.4, 0.5) is 13.2 Å². The molecule has 0 unspecified atom stereocenters. The van der Waals surface area contributed by atoms with E-state index in [0.29, 0.717) is 11.3 Å². The molecular formula is C19H14F3N3O2. The minimum absolute atomic E-state index is 0.155. The van der Waals surface area contributed by atoms with E-state index in [4.69, 9.17) is 4.74 Å². The summed E-state index contributed by atoms with van der Waals surface area (Å²) in [4.78, 5) is 19.0. The van der Waals surface area contributed by atoms with Crippen molar-refractivity contribution in [2.45, 2.75) is 12.7 Å². The van der Waals surface area contributed by atoms with Crippen LogP contribution in [-0.2, 0) is 17.5 Å². The Hall–Kier alpha value is -3.42. The number of hydrogen-bond donors (Lipinski definition) is 1. The van der Waals surface area contributed by atoms with Crippen molar-refractivity contribution in [3.05, 3.63) is 72.7 Å². The van der Waals surface area contributed by atoms with Gasteiger partial charge in [-0.3, -0.25) is 9.78 Å². The zero-order valence-electron chi connectivity index (χ0n) is 14.0. The van der Waals surface area contributed by atoms with Gasteiger partial charge < -0.3 is 10.1 Å². The molecule has 8 heteroatoms. The number of hydrogen-bond acceptors (Lipinski definition) is 4. The highest BCUT2D eigenvalue weighted by molar-refractivity contribution is 5.89. The van der Waals surface area contributed by atoms with Crippen molar-refractivity contribution in [1.29, 1.82) is 0 Å². The fourth-order valence-electron chi connectivity index (χ4n) is 2.43. The van der Waals surface area contributed by atoms with Crippen LogP contribution in [0.3, 0.4) is 0 Å². The van der Waals surface area contributed by atoms with Crippen molar-refractivity contribution in [3.8, 4) is 11.5 Å². The largest absolute Gasteiger partial charge is 0.453 e. The van der Waals surface area contributed by atoms with Crippen LogP contribution in [0, 0.1) is 0 Å². The topological polar surface area (TPSA) is 64.1 Å². The van der Waals surface area contributed by atoms with Crippen molar-refractivity contribution in [3.63, 3.8) is 0 Å². The van der Waals surface area contributed by atoms with Gasteiger partial charge in [-0.1, -0.05) is 18.7 Å².